The molecule has 0 aliphatic heterocycles. The van der Waals surface area contributed by atoms with Crippen LogP contribution in [-0.2, 0) is 10.1 Å². The third-order valence-corrected chi connectivity index (χ3v) is 4.52. The van der Waals surface area contributed by atoms with Crippen LogP contribution in [0.15, 0.2) is 0 Å². The maximum atomic E-state index is 11.2. The highest BCUT2D eigenvalue weighted by Crippen LogP contribution is 2.17. The van der Waals surface area contributed by atoms with E-state index in [0.29, 0.717) is 19.3 Å². The largest absolute Gasteiger partial charge is 0.393 e. The van der Waals surface area contributed by atoms with Crippen LogP contribution in [0.25, 0.3) is 0 Å². The van der Waals surface area contributed by atoms with Gasteiger partial charge in [0.2, 0.25) is 0 Å². The Morgan fingerprint density at radius 2 is 1.50 bits per heavy atom. The van der Waals surface area contributed by atoms with Gasteiger partial charge in [0.1, 0.15) is 0 Å². The molecule has 0 fully saturated rings. The Morgan fingerprint density at radius 3 is 2.00 bits per heavy atom. The molecule has 0 amide bonds. The van der Waals surface area contributed by atoms with E-state index in [4.69, 9.17) is 9.66 Å². The fraction of sp³-hybridized carbons (Fsp3) is 1.00. The lowest BCUT2D eigenvalue weighted by atomic mass is 10.1. The van der Waals surface area contributed by atoms with Gasteiger partial charge in [0, 0.05) is 0 Å². The van der Waals surface area contributed by atoms with E-state index < -0.39 is 21.5 Å². The first-order valence-corrected chi connectivity index (χ1v) is 8.52. The third kappa shape index (κ3) is 9.85. The molecule has 0 spiro atoms. The predicted octanol–water partition coefficient (Wildman–Crippen LogP) is 3.15. The summed E-state index contributed by atoms with van der Waals surface area (Å²) < 4.78 is 31.5. The Hall–Kier alpha value is -0.130. The van der Waals surface area contributed by atoms with E-state index in [2.05, 4.69) is 6.92 Å². The number of aliphatic hydroxyl groups excluding tert-OH is 1. The lowest BCUT2D eigenvalue weighted by Crippen LogP contribution is -2.22. The van der Waals surface area contributed by atoms with E-state index in [1.54, 1.807) is 6.92 Å². The lowest BCUT2D eigenvalue weighted by Gasteiger charge is -2.14. The molecule has 0 saturated heterocycles. The summed E-state index contributed by atoms with van der Waals surface area (Å²) in [5.74, 6) is 0. The van der Waals surface area contributed by atoms with Crippen LogP contribution in [0.1, 0.15) is 71.6 Å². The summed E-state index contributed by atoms with van der Waals surface area (Å²) in [6, 6.07) is 0. The molecular weight excluding hydrogens is 252 g/mol. The molecule has 0 saturated carbocycles. The van der Waals surface area contributed by atoms with Gasteiger partial charge in [0.25, 0.3) is 10.1 Å². The highest BCUT2D eigenvalue weighted by atomic mass is 32.2. The van der Waals surface area contributed by atoms with Crippen molar-refractivity contribution in [3.05, 3.63) is 0 Å². The van der Waals surface area contributed by atoms with Gasteiger partial charge in [-0.15, -0.1) is 0 Å². The van der Waals surface area contributed by atoms with Crippen LogP contribution in [0.5, 0.6) is 0 Å². The monoisotopic (exact) mass is 280 g/mol. The second-order valence-corrected chi connectivity index (χ2v) is 6.82. The zero-order valence-corrected chi connectivity index (χ0v) is 12.5. The number of hydrogen-bond acceptors (Lipinski definition) is 3. The fourth-order valence-electron chi connectivity index (χ4n) is 2.02. The van der Waals surface area contributed by atoms with Crippen molar-refractivity contribution in [3.8, 4) is 0 Å². The van der Waals surface area contributed by atoms with Crippen LogP contribution in [0.2, 0.25) is 0 Å². The standard InChI is InChI=1S/C13H28O4S/c1-3-4-5-6-7-8-9-13(18(15,16)17)11-10-12(2)14/h12-14H,3-11H2,1-2H3,(H,15,16,17). The molecular formula is C13H28O4S. The third-order valence-electron chi connectivity index (χ3n) is 3.21. The second kappa shape index (κ2) is 9.75. The highest BCUT2D eigenvalue weighted by molar-refractivity contribution is 7.86. The average molecular weight is 280 g/mol. The van der Waals surface area contributed by atoms with Gasteiger partial charge in [-0.05, 0) is 26.2 Å². The van der Waals surface area contributed by atoms with E-state index >= 15 is 0 Å². The van der Waals surface area contributed by atoms with Crippen LogP contribution in [-0.4, -0.2) is 29.4 Å². The maximum absolute atomic E-state index is 11.2. The molecule has 0 rings (SSSR count). The van der Waals surface area contributed by atoms with Gasteiger partial charge in [-0.3, -0.25) is 4.55 Å². The minimum absolute atomic E-state index is 0.339. The van der Waals surface area contributed by atoms with E-state index in [1.807, 2.05) is 0 Å². The molecule has 0 aliphatic rings. The van der Waals surface area contributed by atoms with Crippen molar-refractivity contribution >= 4 is 10.1 Å². The van der Waals surface area contributed by atoms with Crippen LogP contribution in [0, 0.1) is 0 Å². The van der Waals surface area contributed by atoms with Crippen LogP contribution < -0.4 is 0 Å². The van der Waals surface area contributed by atoms with E-state index in [0.717, 1.165) is 19.3 Å². The minimum atomic E-state index is -3.97. The molecule has 2 N–H and O–H groups in total. The molecule has 4 nitrogen and oxygen atoms in total. The van der Waals surface area contributed by atoms with Crippen molar-refractivity contribution in [2.45, 2.75) is 83.0 Å². The van der Waals surface area contributed by atoms with Gasteiger partial charge in [-0.2, -0.15) is 8.42 Å². The van der Waals surface area contributed by atoms with Gasteiger partial charge >= 0.3 is 0 Å². The summed E-state index contributed by atoms with van der Waals surface area (Å²) in [7, 11) is -3.97. The lowest BCUT2D eigenvalue weighted by molar-refractivity contribution is 0.180. The van der Waals surface area contributed by atoms with Crippen molar-refractivity contribution < 1.29 is 18.1 Å². The molecule has 110 valence electrons. The molecule has 2 unspecified atom stereocenters. The van der Waals surface area contributed by atoms with Gasteiger partial charge in [0.05, 0.1) is 11.4 Å². The Bertz CT molecular complexity index is 285. The van der Waals surface area contributed by atoms with E-state index in [-0.39, 0.29) is 0 Å². The van der Waals surface area contributed by atoms with Gasteiger partial charge in [0.15, 0.2) is 0 Å². The van der Waals surface area contributed by atoms with Crippen molar-refractivity contribution in [2.24, 2.45) is 0 Å². The summed E-state index contributed by atoms with van der Waals surface area (Å²) in [6.07, 6.45) is 7.33. The number of aliphatic hydroxyl groups is 1. The molecule has 0 aromatic carbocycles. The van der Waals surface area contributed by atoms with Crippen LogP contribution >= 0.6 is 0 Å². The van der Waals surface area contributed by atoms with Gasteiger partial charge in [-0.1, -0.05) is 45.4 Å². The Labute approximate surface area is 112 Å². The Kier molecular flexibility index (Phi) is 9.68. The summed E-state index contributed by atoms with van der Waals surface area (Å²) >= 11 is 0. The topological polar surface area (TPSA) is 74.6 Å². The van der Waals surface area contributed by atoms with Gasteiger partial charge in [-0.25, -0.2) is 0 Å². The molecule has 0 aromatic rings. The second-order valence-electron chi connectivity index (χ2n) is 5.12. The molecule has 18 heavy (non-hydrogen) atoms. The quantitative estimate of drug-likeness (QED) is 0.450. The number of unbranched alkanes of at least 4 members (excludes halogenated alkanes) is 5. The molecule has 0 aliphatic carbocycles. The van der Waals surface area contributed by atoms with Gasteiger partial charge < -0.3 is 5.11 Å². The Morgan fingerprint density at radius 1 is 0.944 bits per heavy atom. The number of rotatable bonds is 11. The normalized spacial score (nSPS) is 15.6. The van der Waals surface area contributed by atoms with Crippen molar-refractivity contribution in [1.82, 2.24) is 0 Å². The molecule has 0 heterocycles. The van der Waals surface area contributed by atoms with Crippen molar-refractivity contribution in [2.75, 3.05) is 0 Å². The predicted molar refractivity (Wildman–Crippen MR) is 74.2 cm³/mol. The first kappa shape index (κ1) is 17.9. The molecule has 0 aromatic heterocycles. The maximum Gasteiger partial charge on any atom is 0.267 e. The fourth-order valence-corrected chi connectivity index (χ4v) is 2.92. The molecule has 0 bridgehead atoms. The highest BCUT2D eigenvalue weighted by Gasteiger charge is 2.22. The molecule has 2 atom stereocenters. The SMILES string of the molecule is CCCCCCCCC(CCC(C)O)S(=O)(=O)O. The summed E-state index contributed by atoms with van der Waals surface area (Å²) in [6.45, 7) is 3.79. The first-order chi connectivity index (χ1) is 8.38. The molecule has 0 radical (unpaired) electrons. The zero-order chi connectivity index (χ0) is 14.0. The van der Waals surface area contributed by atoms with Crippen molar-refractivity contribution in [3.63, 3.8) is 0 Å². The molecule has 5 heteroatoms. The van der Waals surface area contributed by atoms with E-state index in [1.165, 1.54) is 19.3 Å². The zero-order valence-electron chi connectivity index (χ0n) is 11.6. The number of hydrogen-bond donors (Lipinski definition) is 2. The smallest absolute Gasteiger partial charge is 0.267 e. The van der Waals surface area contributed by atoms with Crippen molar-refractivity contribution in [1.29, 1.82) is 0 Å². The Balaban J connectivity index is 3.88. The minimum Gasteiger partial charge on any atom is -0.393 e. The summed E-state index contributed by atoms with van der Waals surface area (Å²) in [4.78, 5) is 0. The van der Waals surface area contributed by atoms with Crippen LogP contribution in [0.4, 0.5) is 0 Å². The van der Waals surface area contributed by atoms with Crippen LogP contribution in [0.3, 0.4) is 0 Å². The summed E-state index contributed by atoms with van der Waals surface area (Å²) in [5, 5.41) is 8.45. The first-order valence-electron chi connectivity index (χ1n) is 7.02. The summed E-state index contributed by atoms with van der Waals surface area (Å²) in [5.41, 5.74) is 0. The van der Waals surface area contributed by atoms with E-state index in [9.17, 15) is 8.42 Å². The average Bonchev–Trinajstić information content (AvgIpc) is 2.25.